The summed E-state index contributed by atoms with van der Waals surface area (Å²) >= 11 is 0. The molecule has 0 bridgehead atoms. The Kier molecular flexibility index (Phi) is 3.33. The van der Waals surface area contributed by atoms with E-state index in [0.717, 1.165) is 16.8 Å². The summed E-state index contributed by atoms with van der Waals surface area (Å²) in [6, 6.07) is 12.1. The summed E-state index contributed by atoms with van der Waals surface area (Å²) in [4.78, 5) is 12.0. The van der Waals surface area contributed by atoms with Crippen molar-refractivity contribution in [2.45, 2.75) is 13.8 Å². The Morgan fingerprint density at radius 3 is 2.56 bits per heavy atom. The third-order valence-corrected chi connectivity index (χ3v) is 2.96. The van der Waals surface area contributed by atoms with Crippen molar-refractivity contribution in [2.75, 3.05) is 5.32 Å². The molecule has 2 aromatic carbocycles. The van der Waals surface area contributed by atoms with Crippen LogP contribution in [0, 0.1) is 13.8 Å². The summed E-state index contributed by atoms with van der Waals surface area (Å²) < 4.78 is 0. The SMILES string of the molecule is Cc1cccc(NC(=O)c2cccc(O)c2)c1C. The first-order chi connectivity index (χ1) is 8.58. The lowest BCUT2D eigenvalue weighted by molar-refractivity contribution is 0.102. The number of hydrogen-bond acceptors (Lipinski definition) is 2. The summed E-state index contributed by atoms with van der Waals surface area (Å²) in [6.07, 6.45) is 0. The Balaban J connectivity index is 2.24. The Morgan fingerprint density at radius 1 is 1.11 bits per heavy atom. The summed E-state index contributed by atoms with van der Waals surface area (Å²) in [5.41, 5.74) is 3.41. The quantitative estimate of drug-likeness (QED) is 0.847. The van der Waals surface area contributed by atoms with Crippen molar-refractivity contribution in [2.24, 2.45) is 0 Å². The molecule has 0 aliphatic carbocycles. The van der Waals surface area contributed by atoms with Crippen molar-refractivity contribution >= 4 is 11.6 Å². The van der Waals surface area contributed by atoms with E-state index in [9.17, 15) is 9.90 Å². The van der Waals surface area contributed by atoms with Crippen LogP contribution in [0.25, 0.3) is 0 Å². The predicted molar refractivity (Wildman–Crippen MR) is 72.0 cm³/mol. The summed E-state index contributed by atoms with van der Waals surface area (Å²) in [5.74, 6) is -0.136. The van der Waals surface area contributed by atoms with E-state index in [4.69, 9.17) is 0 Å². The zero-order chi connectivity index (χ0) is 13.1. The molecule has 18 heavy (non-hydrogen) atoms. The normalized spacial score (nSPS) is 10.1. The number of anilines is 1. The summed E-state index contributed by atoms with van der Waals surface area (Å²) in [5, 5.41) is 12.2. The number of benzene rings is 2. The fraction of sp³-hybridized carbons (Fsp3) is 0.133. The van der Waals surface area contributed by atoms with Crippen LogP contribution in [0.5, 0.6) is 5.75 Å². The minimum Gasteiger partial charge on any atom is -0.508 e. The summed E-state index contributed by atoms with van der Waals surface area (Å²) in [6.45, 7) is 3.97. The number of amides is 1. The first kappa shape index (κ1) is 12.2. The maximum Gasteiger partial charge on any atom is 0.255 e. The highest BCUT2D eigenvalue weighted by molar-refractivity contribution is 6.04. The van der Waals surface area contributed by atoms with Crippen molar-refractivity contribution in [3.63, 3.8) is 0 Å². The fourth-order valence-corrected chi connectivity index (χ4v) is 1.73. The number of aromatic hydroxyl groups is 1. The van der Waals surface area contributed by atoms with Gasteiger partial charge >= 0.3 is 0 Å². The topological polar surface area (TPSA) is 49.3 Å². The smallest absolute Gasteiger partial charge is 0.255 e. The van der Waals surface area contributed by atoms with Gasteiger partial charge in [-0.15, -0.1) is 0 Å². The molecule has 0 atom stereocenters. The monoisotopic (exact) mass is 241 g/mol. The number of hydrogen-bond donors (Lipinski definition) is 2. The standard InChI is InChI=1S/C15H15NO2/c1-10-5-3-8-14(11(10)2)16-15(18)12-6-4-7-13(17)9-12/h3-9,17H,1-2H3,(H,16,18). The molecule has 1 amide bonds. The van der Waals surface area contributed by atoms with Crippen LogP contribution in [0.1, 0.15) is 21.5 Å². The molecule has 0 aromatic heterocycles. The highest BCUT2D eigenvalue weighted by Crippen LogP contribution is 2.19. The third-order valence-electron chi connectivity index (χ3n) is 2.96. The van der Waals surface area contributed by atoms with Crippen LogP contribution in [0.3, 0.4) is 0 Å². The molecule has 2 aromatic rings. The van der Waals surface area contributed by atoms with Crippen LogP contribution in [-0.4, -0.2) is 11.0 Å². The number of rotatable bonds is 2. The highest BCUT2D eigenvalue weighted by Gasteiger charge is 2.08. The molecule has 0 saturated carbocycles. The fourth-order valence-electron chi connectivity index (χ4n) is 1.73. The van der Waals surface area contributed by atoms with Crippen molar-refractivity contribution in [3.05, 3.63) is 59.2 Å². The van der Waals surface area contributed by atoms with Gasteiger partial charge in [-0.1, -0.05) is 18.2 Å². The van der Waals surface area contributed by atoms with Crippen molar-refractivity contribution in [1.29, 1.82) is 0 Å². The van der Waals surface area contributed by atoms with Gasteiger partial charge < -0.3 is 10.4 Å². The lowest BCUT2D eigenvalue weighted by Crippen LogP contribution is -2.12. The van der Waals surface area contributed by atoms with E-state index in [1.165, 1.54) is 12.1 Å². The lowest BCUT2D eigenvalue weighted by atomic mass is 10.1. The van der Waals surface area contributed by atoms with Gasteiger partial charge in [0.25, 0.3) is 5.91 Å². The van der Waals surface area contributed by atoms with E-state index in [0.29, 0.717) is 5.56 Å². The van der Waals surface area contributed by atoms with Gasteiger partial charge in [0, 0.05) is 11.3 Å². The van der Waals surface area contributed by atoms with Crippen LogP contribution >= 0.6 is 0 Å². The largest absolute Gasteiger partial charge is 0.508 e. The second-order valence-electron chi connectivity index (χ2n) is 4.25. The molecule has 0 spiro atoms. The second kappa shape index (κ2) is 4.92. The van der Waals surface area contributed by atoms with Gasteiger partial charge in [0.2, 0.25) is 0 Å². The van der Waals surface area contributed by atoms with E-state index in [1.807, 2.05) is 32.0 Å². The Hall–Kier alpha value is -2.29. The van der Waals surface area contributed by atoms with Gasteiger partial charge in [0.05, 0.1) is 0 Å². The molecule has 0 heterocycles. The van der Waals surface area contributed by atoms with Crippen molar-refractivity contribution in [1.82, 2.24) is 0 Å². The van der Waals surface area contributed by atoms with Gasteiger partial charge in [-0.25, -0.2) is 0 Å². The van der Waals surface area contributed by atoms with E-state index in [-0.39, 0.29) is 11.7 Å². The van der Waals surface area contributed by atoms with Crippen LogP contribution in [0.4, 0.5) is 5.69 Å². The lowest BCUT2D eigenvalue weighted by Gasteiger charge is -2.10. The van der Waals surface area contributed by atoms with Crippen molar-refractivity contribution in [3.8, 4) is 5.75 Å². The molecular weight excluding hydrogens is 226 g/mol. The molecule has 0 radical (unpaired) electrons. The minimum atomic E-state index is -0.223. The second-order valence-corrected chi connectivity index (χ2v) is 4.25. The van der Waals surface area contributed by atoms with Gasteiger partial charge in [-0.3, -0.25) is 4.79 Å². The van der Waals surface area contributed by atoms with Gasteiger partial charge in [-0.05, 0) is 49.2 Å². The Morgan fingerprint density at radius 2 is 1.83 bits per heavy atom. The van der Waals surface area contributed by atoms with E-state index in [1.54, 1.807) is 12.1 Å². The van der Waals surface area contributed by atoms with Gasteiger partial charge in [-0.2, -0.15) is 0 Å². The number of carbonyl (C=O) groups excluding carboxylic acids is 1. The first-order valence-electron chi connectivity index (χ1n) is 5.74. The average molecular weight is 241 g/mol. The molecule has 2 N–H and O–H groups in total. The summed E-state index contributed by atoms with van der Waals surface area (Å²) in [7, 11) is 0. The predicted octanol–water partition coefficient (Wildman–Crippen LogP) is 3.26. The first-order valence-corrected chi connectivity index (χ1v) is 5.74. The van der Waals surface area contributed by atoms with Gasteiger partial charge in [0.1, 0.15) is 5.75 Å². The Bertz CT molecular complexity index is 591. The molecule has 0 aliphatic heterocycles. The molecule has 0 aliphatic rings. The van der Waals surface area contributed by atoms with E-state index < -0.39 is 0 Å². The van der Waals surface area contributed by atoms with E-state index in [2.05, 4.69) is 5.32 Å². The molecule has 0 saturated heterocycles. The Labute approximate surface area is 106 Å². The molecule has 92 valence electrons. The number of carbonyl (C=O) groups is 1. The maximum absolute atomic E-state index is 12.0. The number of aryl methyl sites for hydroxylation is 1. The zero-order valence-corrected chi connectivity index (χ0v) is 10.4. The van der Waals surface area contributed by atoms with Crippen LogP contribution in [0.15, 0.2) is 42.5 Å². The van der Waals surface area contributed by atoms with Crippen molar-refractivity contribution < 1.29 is 9.90 Å². The molecule has 2 rings (SSSR count). The molecule has 3 nitrogen and oxygen atoms in total. The average Bonchev–Trinajstić information content (AvgIpc) is 2.35. The molecular formula is C15H15NO2. The van der Waals surface area contributed by atoms with Crippen LogP contribution in [-0.2, 0) is 0 Å². The van der Waals surface area contributed by atoms with Crippen LogP contribution in [0.2, 0.25) is 0 Å². The maximum atomic E-state index is 12.0. The van der Waals surface area contributed by atoms with E-state index >= 15 is 0 Å². The molecule has 0 fully saturated rings. The van der Waals surface area contributed by atoms with Gasteiger partial charge in [0.15, 0.2) is 0 Å². The third kappa shape index (κ3) is 2.51. The molecule has 0 unspecified atom stereocenters. The minimum absolute atomic E-state index is 0.0867. The number of nitrogens with one attached hydrogen (secondary N) is 1. The highest BCUT2D eigenvalue weighted by atomic mass is 16.3. The number of phenols is 1. The zero-order valence-electron chi connectivity index (χ0n) is 10.4. The molecule has 3 heteroatoms. The van der Waals surface area contributed by atoms with Crippen LogP contribution < -0.4 is 5.32 Å². The number of phenolic OH excluding ortho intramolecular Hbond substituents is 1.